The van der Waals surface area contributed by atoms with E-state index < -0.39 is 11.6 Å². The first-order valence-corrected chi connectivity index (χ1v) is 7.50. The standard InChI is InChI=1S/C15H20BrF2N/c1-15(2)7-3-4-10(15)13(19)8-9-12(17)6-5-11(16)14(9)18/h5-6,10,13H,3-4,7-8,19H2,1-2H3. The van der Waals surface area contributed by atoms with Crippen molar-refractivity contribution >= 4 is 15.9 Å². The second kappa shape index (κ2) is 5.49. The Morgan fingerprint density at radius 2 is 2.11 bits per heavy atom. The summed E-state index contributed by atoms with van der Waals surface area (Å²) >= 11 is 3.09. The van der Waals surface area contributed by atoms with Crippen molar-refractivity contribution in [2.24, 2.45) is 17.1 Å². The molecule has 106 valence electrons. The van der Waals surface area contributed by atoms with Crippen molar-refractivity contribution < 1.29 is 8.78 Å². The summed E-state index contributed by atoms with van der Waals surface area (Å²) in [5.41, 5.74) is 6.49. The third kappa shape index (κ3) is 3.00. The molecule has 0 bridgehead atoms. The number of nitrogens with two attached hydrogens (primary N) is 1. The van der Waals surface area contributed by atoms with Crippen LogP contribution in [0.4, 0.5) is 8.78 Å². The fourth-order valence-electron chi connectivity index (χ4n) is 3.28. The number of halogens is 3. The Balaban J connectivity index is 2.20. The molecule has 2 N–H and O–H groups in total. The van der Waals surface area contributed by atoms with Gasteiger partial charge < -0.3 is 5.73 Å². The van der Waals surface area contributed by atoms with E-state index in [0.717, 1.165) is 19.3 Å². The van der Waals surface area contributed by atoms with E-state index in [2.05, 4.69) is 29.8 Å². The molecule has 0 aromatic heterocycles. The normalized spacial score (nSPS) is 23.6. The Kier molecular flexibility index (Phi) is 4.31. The van der Waals surface area contributed by atoms with Gasteiger partial charge in [0.2, 0.25) is 0 Å². The number of hydrogen-bond acceptors (Lipinski definition) is 1. The molecule has 0 spiro atoms. The highest BCUT2D eigenvalue weighted by Gasteiger charge is 2.38. The lowest BCUT2D eigenvalue weighted by molar-refractivity contribution is 0.218. The van der Waals surface area contributed by atoms with Crippen LogP contribution < -0.4 is 5.73 Å². The first-order chi connectivity index (χ1) is 8.83. The van der Waals surface area contributed by atoms with Crippen LogP contribution in [0.15, 0.2) is 16.6 Å². The largest absolute Gasteiger partial charge is 0.327 e. The minimum atomic E-state index is -0.522. The molecule has 2 unspecified atom stereocenters. The van der Waals surface area contributed by atoms with Gasteiger partial charge in [-0.05, 0) is 58.7 Å². The van der Waals surface area contributed by atoms with E-state index in [1.165, 1.54) is 12.1 Å². The van der Waals surface area contributed by atoms with E-state index in [-0.39, 0.29) is 23.4 Å². The van der Waals surface area contributed by atoms with Crippen molar-refractivity contribution in [1.82, 2.24) is 0 Å². The second-order valence-corrected chi connectivity index (χ2v) is 7.03. The summed E-state index contributed by atoms with van der Waals surface area (Å²) < 4.78 is 28.0. The quantitative estimate of drug-likeness (QED) is 0.815. The summed E-state index contributed by atoms with van der Waals surface area (Å²) in [5.74, 6) is -0.705. The van der Waals surface area contributed by atoms with Crippen LogP contribution in [-0.4, -0.2) is 6.04 Å². The Hall–Kier alpha value is -0.480. The average molecular weight is 332 g/mol. The van der Waals surface area contributed by atoms with E-state index in [1.807, 2.05) is 0 Å². The van der Waals surface area contributed by atoms with Crippen LogP contribution in [0.3, 0.4) is 0 Å². The lowest BCUT2D eigenvalue weighted by Crippen LogP contribution is -2.38. The third-order valence-electron chi connectivity index (χ3n) is 4.44. The van der Waals surface area contributed by atoms with Crippen LogP contribution in [0, 0.1) is 23.0 Å². The van der Waals surface area contributed by atoms with Gasteiger partial charge in [-0.15, -0.1) is 0 Å². The molecule has 4 heteroatoms. The molecule has 0 heterocycles. The van der Waals surface area contributed by atoms with Gasteiger partial charge >= 0.3 is 0 Å². The van der Waals surface area contributed by atoms with Crippen LogP contribution in [-0.2, 0) is 6.42 Å². The van der Waals surface area contributed by atoms with Gasteiger partial charge in [-0.25, -0.2) is 8.78 Å². The van der Waals surface area contributed by atoms with Crippen molar-refractivity contribution in [3.63, 3.8) is 0 Å². The lowest BCUT2D eigenvalue weighted by Gasteiger charge is -2.32. The highest BCUT2D eigenvalue weighted by Crippen LogP contribution is 2.44. The highest BCUT2D eigenvalue weighted by molar-refractivity contribution is 9.10. The summed E-state index contributed by atoms with van der Waals surface area (Å²) in [6.07, 6.45) is 3.58. The average Bonchev–Trinajstić information content (AvgIpc) is 2.69. The van der Waals surface area contributed by atoms with Crippen molar-refractivity contribution in [3.05, 3.63) is 33.8 Å². The van der Waals surface area contributed by atoms with Gasteiger partial charge in [-0.3, -0.25) is 0 Å². The highest BCUT2D eigenvalue weighted by atomic mass is 79.9. The van der Waals surface area contributed by atoms with E-state index in [9.17, 15) is 8.78 Å². The Bertz CT molecular complexity index is 473. The molecule has 1 aliphatic carbocycles. The smallest absolute Gasteiger partial charge is 0.143 e. The Labute approximate surface area is 121 Å². The molecule has 1 aromatic rings. The van der Waals surface area contributed by atoms with Crippen LogP contribution >= 0.6 is 15.9 Å². The van der Waals surface area contributed by atoms with Crippen molar-refractivity contribution in [1.29, 1.82) is 0 Å². The first-order valence-electron chi connectivity index (χ1n) is 6.71. The lowest BCUT2D eigenvalue weighted by atomic mass is 9.76. The molecular weight excluding hydrogens is 312 g/mol. The van der Waals surface area contributed by atoms with Gasteiger partial charge in [-0.1, -0.05) is 20.3 Å². The fraction of sp³-hybridized carbons (Fsp3) is 0.600. The molecule has 0 aliphatic heterocycles. The zero-order chi connectivity index (χ0) is 14.2. The minimum absolute atomic E-state index is 0.101. The van der Waals surface area contributed by atoms with E-state index in [4.69, 9.17) is 5.73 Å². The zero-order valence-electron chi connectivity index (χ0n) is 11.3. The molecule has 19 heavy (non-hydrogen) atoms. The van der Waals surface area contributed by atoms with Gasteiger partial charge in [0.25, 0.3) is 0 Å². The molecule has 0 radical (unpaired) electrons. The second-order valence-electron chi connectivity index (χ2n) is 6.18. The summed E-state index contributed by atoms with van der Waals surface area (Å²) in [4.78, 5) is 0. The Morgan fingerprint density at radius 3 is 2.68 bits per heavy atom. The maximum absolute atomic E-state index is 14.0. The summed E-state index contributed by atoms with van der Waals surface area (Å²) in [5, 5.41) is 0. The number of hydrogen-bond donors (Lipinski definition) is 1. The summed E-state index contributed by atoms with van der Waals surface area (Å²) in [7, 11) is 0. The maximum Gasteiger partial charge on any atom is 0.143 e. The van der Waals surface area contributed by atoms with Gasteiger partial charge in [0.15, 0.2) is 0 Å². The van der Waals surface area contributed by atoms with E-state index in [0.29, 0.717) is 10.4 Å². The molecule has 1 fully saturated rings. The third-order valence-corrected chi connectivity index (χ3v) is 5.05. The topological polar surface area (TPSA) is 26.0 Å². The predicted molar refractivity (Wildman–Crippen MR) is 76.9 cm³/mol. The van der Waals surface area contributed by atoms with E-state index in [1.54, 1.807) is 0 Å². The molecule has 2 rings (SSSR count). The SMILES string of the molecule is CC1(C)CCCC1C(N)Cc1c(F)ccc(Br)c1F. The zero-order valence-corrected chi connectivity index (χ0v) is 12.9. The molecule has 1 nitrogen and oxygen atoms in total. The molecular formula is C15H20BrF2N. The van der Waals surface area contributed by atoms with Gasteiger partial charge in [0, 0.05) is 11.6 Å². The van der Waals surface area contributed by atoms with Crippen LogP contribution in [0.2, 0.25) is 0 Å². The first kappa shape index (κ1) is 14.9. The maximum atomic E-state index is 14.0. The number of benzene rings is 1. The van der Waals surface area contributed by atoms with Crippen molar-refractivity contribution in [3.8, 4) is 0 Å². The fourth-order valence-corrected chi connectivity index (χ4v) is 3.65. The van der Waals surface area contributed by atoms with Crippen molar-refractivity contribution in [2.75, 3.05) is 0 Å². The molecule has 1 saturated carbocycles. The predicted octanol–water partition coefficient (Wildman–Crippen LogP) is 4.42. The minimum Gasteiger partial charge on any atom is -0.327 e. The molecule has 1 aliphatic rings. The molecule has 2 atom stereocenters. The van der Waals surface area contributed by atoms with Gasteiger partial charge in [0.05, 0.1) is 4.47 Å². The van der Waals surface area contributed by atoms with Gasteiger partial charge in [-0.2, -0.15) is 0 Å². The van der Waals surface area contributed by atoms with Crippen LogP contribution in [0.5, 0.6) is 0 Å². The van der Waals surface area contributed by atoms with E-state index >= 15 is 0 Å². The molecule has 0 saturated heterocycles. The van der Waals surface area contributed by atoms with Gasteiger partial charge in [0.1, 0.15) is 11.6 Å². The monoisotopic (exact) mass is 331 g/mol. The summed E-state index contributed by atoms with van der Waals surface area (Å²) in [6, 6.07) is 2.48. The Morgan fingerprint density at radius 1 is 1.42 bits per heavy atom. The van der Waals surface area contributed by atoms with Crippen molar-refractivity contribution in [2.45, 2.75) is 45.6 Å². The molecule has 0 amide bonds. The van der Waals surface area contributed by atoms with Crippen LogP contribution in [0.25, 0.3) is 0 Å². The molecule has 1 aromatic carbocycles. The summed E-state index contributed by atoms with van der Waals surface area (Å²) in [6.45, 7) is 4.39. The van der Waals surface area contributed by atoms with Crippen LogP contribution in [0.1, 0.15) is 38.7 Å². The number of rotatable bonds is 3.